The standard InChI is InChI=1S/C21H21FN8O2/c22-15-4-2-1-3-14(15)13-30-18(16(23)5-6-26-31)11-17(28-30)21-25-12-19(20(24)27-21)29-7-9-32-10-8-29/h1-6,11-12,23H,7-10,13H2,(H2,24,25,27)/b6-5-,23-16?. The molecule has 0 atom stereocenters. The molecular weight excluding hydrogens is 415 g/mol. The molecule has 0 radical (unpaired) electrons. The van der Waals surface area contributed by atoms with E-state index in [9.17, 15) is 9.30 Å². The number of nitrogens with zero attached hydrogens (tertiary/aromatic N) is 6. The Labute approximate surface area is 183 Å². The number of hydrogen-bond acceptors (Lipinski definition) is 9. The summed E-state index contributed by atoms with van der Waals surface area (Å²) in [5.41, 5.74) is 8.01. The number of rotatable bonds is 7. The summed E-state index contributed by atoms with van der Waals surface area (Å²) in [7, 11) is 0. The SMILES string of the molecule is N=C(/C=C\N=O)c1cc(-c2ncc(N3CCOCC3)c(N)n2)nn1Cc1ccccc1F. The molecule has 4 rings (SSSR count). The zero-order valence-electron chi connectivity index (χ0n) is 17.1. The van der Waals surface area contributed by atoms with Crippen molar-refractivity contribution in [3.63, 3.8) is 0 Å². The van der Waals surface area contributed by atoms with Gasteiger partial charge in [-0.2, -0.15) is 5.10 Å². The molecule has 0 spiro atoms. The summed E-state index contributed by atoms with van der Waals surface area (Å²) < 4.78 is 21.0. The predicted octanol–water partition coefficient (Wildman–Crippen LogP) is 2.59. The Bertz CT molecular complexity index is 1170. The van der Waals surface area contributed by atoms with Crippen molar-refractivity contribution in [2.75, 3.05) is 36.9 Å². The number of nitrogens with two attached hydrogens (primary N) is 1. The van der Waals surface area contributed by atoms with Gasteiger partial charge in [0, 0.05) is 18.7 Å². The number of anilines is 2. The molecular formula is C21H21FN8O2. The van der Waals surface area contributed by atoms with Crippen molar-refractivity contribution in [3.8, 4) is 11.5 Å². The van der Waals surface area contributed by atoms with Gasteiger partial charge >= 0.3 is 0 Å². The average molecular weight is 436 g/mol. The molecule has 0 bridgehead atoms. The van der Waals surface area contributed by atoms with E-state index in [2.05, 4.69) is 25.1 Å². The molecule has 3 N–H and O–H groups in total. The lowest BCUT2D eigenvalue weighted by Crippen LogP contribution is -2.36. The summed E-state index contributed by atoms with van der Waals surface area (Å²) in [5, 5.41) is 15.4. The van der Waals surface area contributed by atoms with E-state index in [0.717, 1.165) is 11.9 Å². The van der Waals surface area contributed by atoms with Crippen LogP contribution >= 0.6 is 0 Å². The van der Waals surface area contributed by atoms with E-state index in [1.54, 1.807) is 30.5 Å². The first-order chi connectivity index (χ1) is 15.6. The third kappa shape index (κ3) is 4.52. The normalized spacial score (nSPS) is 14.1. The van der Waals surface area contributed by atoms with Crippen molar-refractivity contribution < 1.29 is 9.13 Å². The second kappa shape index (κ2) is 9.43. The van der Waals surface area contributed by atoms with Gasteiger partial charge in [-0.15, -0.1) is 4.91 Å². The number of benzene rings is 1. The monoisotopic (exact) mass is 436 g/mol. The van der Waals surface area contributed by atoms with E-state index in [1.807, 2.05) is 0 Å². The number of aromatic nitrogens is 4. The molecule has 3 aromatic rings. The molecule has 1 aromatic carbocycles. The molecule has 2 aromatic heterocycles. The maximum Gasteiger partial charge on any atom is 0.182 e. The van der Waals surface area contributed by atoms with Crippen LogP contribution in [-0.2, 0) is 11.3 Å². The predicted molar refractivity (Wildman–Crippen MR) is 118 cm³/mol. The number of allylic oxidation sites excluding steroid dienone is 1. The zero-order chi connectivity index (χ0) is 22.5. The first-order valence-electron chi connectivity index (χ1n) is 9.91. The topological polar surface area (TPSA) is 135 Å². The number of nitrogens with one attached hydrogen (secondary N) is 1. The van der Waals surface area contributed by atoms with Gasteiger partial charge in [-0.25, -0.2) is 14.4 Å². The lowest BCUT2D eigenvalue weighted by atomic mass is 10.2. The fraction of sp³-hybridized carbons (Fsp3) is 0.238. The molecule has 0 saturated carbocycles. The molecule has 32 heavy (non-hydrogen) atoms. The minimum atomic E-state index is -0.387. The molecule has 3 heterocycles. The molecule has 10 nitrogen and oxygen atoms in total. The third-order valence-corrected chi connectivity index (χ3v) is 5.01. The van der Waals surface area contributed by atoms with Gasteiger partial charge in [-0.05, 0) is 23.4 Å². The van der Waals surface area contributed by atoms with Crippen LogP contribution in [0.4, 0.5) is 15.9 Å². The molecule has 1 aliphatic rings. The molecule has 1 saturated heterocycles. The average Bonchev–Trinajstić information content (AvgIpc) is 3.23. The van der Waals surface area contributed by atoms with E-state index in [0.29, 0.717) is 49.1 Å². The Balaban J connectivity index is 1.69. The van der Waals surface area contributed by atoms with Gasteiger partial charge in [-0.1, -0.05) is 18.2 Å². The first-order valence-corrected chi connectivity index (χ1v) is 9.91. The van der Waals surface area contributed by atoms with Gasteiger partial charge in [0.1, 0.15) is 11.5 Å². The number of nitrogen functional groups attached to an aromatic ring is 1. The van der Waals surface area contributed by atoms with Crippen LogP contribution in [0.5, 0.6) is 0 Å². The van der Waals surface area contributed by atoms with Crippen molar-refractivity contribution in [3.05, 3.63) is 70.8 Å². The lowest BCUT2D eigenvalue weighted by Gasteiger charge is -2.29. The van der Waals surface area contributed by atoms with Crippen LogP contribution in [-0.4, -0.2) is 51.8 Å². The second-order valence-electron chi connectivity index (χ2n) is 7.06. The van der Waals surface area contributed by atoms with E-state index in [4.69, 9.17) is 15.9 Å². The van der Waals surface area contributed by atoms with E-state index >= 15 is 0 Å². The molecule has 164 valence electrons. The number of halogens is 1. The van der Waals surface area contributed by atoms with Crippen LogP contribution in [0, 0.1) is 16.1 Å². The molecule has 11 heteroatoms. The van der Waals surface area contributed by atoms with E-state index in [1.165, 1.54) is 16.8 Å². The molecule has 1 aliphatic heterocycles. The summed E-state index contributed by atoms with van der Waals surface area (Å²) in [6.45, 7) is 2.69. The van der Waals surface area contributed by atoms with Crippen molar-refractivity contribution >= 4 is 17.2 Å². The highest BCUT2D eigenvalue weighted by Gasteiger charge is 2.19. The number of nitroso groups, excluding NO2 is 1. The number of ether oxygens (including phenoxy) is 1. The van der Waals surface area contributed by atoms with E-state index < -0.39 is 0 Å². The highest BCUT2D eigenvalue weighted by atomic mass is 19.1. The maximum absolute atomic E-state index is 14.2. The smallest absolute Gasteiger partial charge is 0.182 e. The van der Waals surface area contributed by atoms with Crippen LogP contribution in [0.1, 0.15) is 11.3 Å². The zero-order valence-corrected chi connectivity index (χ0v) is 17.1. The maximum atomic E-state index is 14.2. The minimum absolute atomic E-state index is 0.0161. The summed E-state index contributed by atoms with van der Waals surface area (Å²) in [5.74, 6) is 0.197. The molecule has 0 unspecified atom stereocenters. The van der Waals surface area contributed by atoms with Gasteiger partial charge in [0.2, 0.25) is 0 Å². The van der Waals surface area contributed by atoms with Crippen molar-refractivity contribution in [1.82, 2.24) is 19.7 Å². The Morgan fingerprint density at radius 3 is 2.81 bits per heavy atom. The van der Waals surface area contributed by atoms with Crippen molar-refractivity contribution in [2.24, 2.45) is 5.18 Å². The number of hydrogen-bond donors (Lipinski definition) is 2. The van der Waals surface area contributed by atoms with Crippen LogP contribution < -0.4 is 10.6 Å². The fourth-order valence-electron chi connectivity index (χ4n) is 3.40. The van der Waals surface area contributed by atoms with Crippen LogP contribution in [0.25, 0.3) is 11.5 Å². The Morgan fingerprint density at radius 2 is 2.09 bits per heavy atom. The summed E-state index contributed by atoms with van der Waals surface area (Å²) in [4.78, 5) is 21.3. The highest BCUT2D eigenvalue weighted by Crippen LogP contribution is 2.25. The third-order valence-electron chi connectivity index (χ3n) is 5.01. The van der Waals surface area contributed by atoms with E-state index in [-0.39, 0.29) is 23.9 Å². The van der Waals surface area contributed by atoms with Crippen LogP contribution in [0.15, 0.2) is 54.0 Å². The lowest BCUT2D eigenvalue weighted by molar-refractivity contribution is 0.122. The van der Waals surface area contributed by atoms with Crippen molar-refractivity contribution in [2.45, 2.75) is 6.54 Å². The van der Waals surface area contributed by atoms with Gasteiger partial charge < -0.3 is 15.4 Å². The van der Waals surface area contributed by atoms with Crippen molar-refractivity contribution in [1.29, 1.82) is 5.41 Å². The van der Waals surface area contributed by atoms with Crippen LogP contribution in [0.2, 0.25) is 0 Å². The largest absolute Gasteiger partial charge is 0.382 e. The number of morpholine rings is 1. The van der Waals surface area contributed by atoms with Gasteiger partial charge in [0.05, 0.1) is 49.2 Å². The summed E-state index contributed by atoms with van der Waals surface area (Å²) in [6.07, 6.45) is 3.84. The van der Waals surface area contributed by atoms with Gasteiger partial charge in [0.15, 0.2) is 11.6 Å². The quantitative estimate of drug-likeness (QED) is 0.429. The molecule has 0 amide bonds. The first kappa shape index (κ1) is 21.2. The van der Waals surface area contributed by atoms with Gasteiger partial charge in [-0.3, -0.25) is 10.1 Å². The van der Waals surface area contributed by atoms with Gasteiger partial charge in [0.25, 0.3) is 0 Å². The molecule has 0 aliphatic carbocycles. The Morgan fingerprint density at radius 1 is 1.31 bits per heavy atom. The highest BCUT2D eigenvalue weighted by molar-refractivity contribution is 6.05. The Kier molecular flexibility index (Phi) is 6.26. The minimum Gasteiger partial charge on any atom is -0.382 e. The Hall–Kier alpha value is -3.99. The fourth-order valence-corrected chi connectivity index (χ4v) is 3.40. The van der Waals surface area contributed by atoms with Crippen LogP contribution in [0.3, 0.4) is 0 Å². The summed E-state index contributed by atoms with van der Waals surface area (Å²) >= 11 is 0. The second-order valence-corrected chi connectivity index (χ2v) is 7.06. The molecule has 1 fully saturated rings. The summed E-state index contributed by atoms with van der Waals surface area (Å²) in [6, 6.07) is 7.91.